The van der Waals surface area contributed by atoms with E-state index in [1.54, 1.807) is 11.3 Å². The molecule has 1 aromatic rings. The Morgan fingerprint density at radius 3 is 2.33 bits per heavy atom. The maximum Gasteiger partial charge on any atom is 0.0701 e. The Labute approximate surface area is 140 Å². The van der Waals surface area contributed by atoms with Gasteiger partial charge in [0.1, 0.15) is 0 Å². The third-order valence-electron chi connectivity index (χ3n) is 6.63. The van der Waals surface area contributed by atoms with E-state index in [1.807, 2.05) is 0 Å². The third-order valence-corrected chi connectivity index (χ3v) is 8.18. The Bertz CT molecular complexity index is 499. The molecule has 0 atom stereocenters. The first-order chi connectivity index (χ1) is 10.1. The fourth-order valence-electron chi connectivity index (χ4n) is 5.96. The summed E-state index contributed by atoms with van der Waals surface area (Å²) in [6.45, 7) is 1.88. The molecule has 0 saturated heterocycles. The molecule has 4 saturated carbocycles. The maximum absolute atomic E-state index is 6.40. The molecule has 0 aromatic carbocycles. The van der Waals surface area contributed by atoms with Crippen molar-refractivity contribution in [2.75, 3.05) is 13.6 Å². The molecule has 0 amide bonds. The van der Waals surface area contributed by atoms with Gasteiger partial charge in [-0.05, 0) is 95.8 Å². The summed E-state index contributed by atoms with van der Waals surface area (Å²) < 4.78 is 1.23. The molecule has 2 N–H and O–H groups in total. The van der Waals surface area contributed by atoms with Crippen LogP contribution in [0.5, 0.6) is 0 Å². The summed E-state index contributed by atoms with van der Waals surface area (Å²) in [7, 11) is 2.32. The molecule has 1 heterocycles. The van der Waals surface area contributed by atoms with Gasteiger partial charge in [-0.2, -0.15) is 0 Å². The summed E-state index contributed by atoms with van der Waals surface area (Å²) in [5, 5.41) is 2.28. The van der Waals surface area contributed by atoms with Crippen LogP contribution in [-0.4, -0.2) is 24.0 Å². The second-order valence-corrected chi connectivity index (χ2v) is 9.91. The molecule has 5 rings (SSSR count). The van der Waals surface area contributed by atoms with Gasteiger partial charge in [-0.25, -0.2) is 0 Å². The quantitative estimate of drug-likeness (QED) is 0.866. The number of nitrogens with zero attached hydrogens (tertiary/aromatic N) is 1. The molecule has 4 aliphatic rings. The van der Waals surface area contributed by atoms with E-state index in [-0.39, 0.29) is 5.54 Å². The first-order valence-corrected chi connectivity index (χ1v) is 9.93. The van der Waals surface area contributed by atoms with Gasteiger partial charge in [0, 0.05) is 18.6 Å². The van der Waals surface area contributed by atoms with Gasteiger partial charge < -0.3 is 5.73 Å². The zero-order valence-electron chi connectivity index (χ0n) is 12.7. The number of hydrogen-bond donors (Lipinski definition) is 1. The second-order valence-electron chi connectivity index (χ2n) is 7.61. The van der Waals surface area contributed by atoms with Gasteiger partial charge >= 0.3 is 0 Å². The zero-order chi connectivity index (χ0) is 14.6. The van der Waals surface area contributed by atoms with Crippen molar-refractivity contribution in [3.05, 3.63) is 20.8 Å². The Hall–Kier alpha value is 0.1000. The molecule has 0 aliphatic heterocycles. The van der Waals surface area contributed by atoms with Crippen molar-refractivity contribution in [1.82, 2.24) is 4.90 Å². The van der Waals surface area contributed by atoms with Crippen molar-refractivity contribution in [1.29, 1.82) is 0 Å². The van der Waals surface area contributed by atoms with Crippen molar-refractivity contribution < 1.29 is 0 Å². The van der Waals surface area contributed by atoms with Gasteiger partial charge in [0.2, 0.25) is 0 Å². The van der Waals surface area contributed by atoms with Gasteiger partial charge in [0.25, 0.3) is 0 Å². The van der Waals surface area contributed by atoms with Crippen LogP contribution in [-0.2, 0) is 6.54 Å². The number of halogens is 1. The van der Waals surface area contributed by atoms with E-state index >= 15 is 0 Å². The van der Waals surface area contributed by atoms with E-state index in [0.717, 1.165) is 36.8 Å². The van der Waals surface area contributed by atoms with Gasteiger partial charge in [-0.1, -0.05) is 0 Å². The third kappa shape index (κ3) is 2.25. The van der Waals surface area contributed by atoms with Crippen molar-refractivity contribution in [3.8, 4) is 0 Å². The van der Waals surface area contributed by atoms with Crippen LogP contribution in [0.4, 0.5) is 0 Å². The fourth-order valence-corrected chi connectivity index (χ4v) is 7.16. The number of rotatable bonds is 4. The van der Waals surface area contributed by atoms with Crippen molar-refractivity contribution in [2.24, 2.45) is 29.4 Å². The second kappa shape index (κ2) is 5.33. The van der Waals surface area contributed by atoms with Crippen LogP contribution in [0.25, 0.3) is 0 Å². The molecule has 4 bridgehead atoms. The first kappa shape index (κ1) is 14.7. The lowest BCUT2D eigenvalue weighted by atomic mass is 9.48. The predicted octanol–water partition coefficient (Wildman–Crippen LogP) is 4.10. The van der Waals surface area contributed by atoms with Gasteiger partial charge in [-0.3, -0.25) is 4.90 Å². The van der Waals surface area contributed by atoms with Crippen LogP contribution in [0.2, 0.25) is 0 Å². The highest BCUT2D eigenvalue weighted by Gasteiger charge is 2.58. The Morgan fingerprint density at radius 2 is 1.86 bits per heavy atom. The molecule has 4 fully saturated rings. The molecule has 116 valence electrons. The van der Waals surface area contributed by atoms with Gasteiger partial charge in [-0.15, -0.1) is 11.3 Å². The lowest BCUT2D eigenvalue weighted by Crippen LogP contribution is -2.68. The molecule has 2 nitrogen and oxygen atoms in total. The summed E-state index contributed by atoms with van der Waals surface area (Å²) in [4.78, 5) is 2.62. The van der Waals surface area contributed by atoms with E-state index in [1.165, 1.54) is 41.5 Å². The lowest BCUT2D eigenvalue weighted by Gasteiger charge is -2.64. The van der Waals surface area contributed by atoms with E-state index in [4.69, 9.17) is 5.73 Å². The SMILES string of the molecule is CN(Cc1csc(Br)c1)C1(CN)C2CC3CC(C2)CC1C3. The monoisotopic (exact) mass is 368 g/mol. The highest BCUT2D eigenvalue weighted by Crippen LogP contribution is 2.59. The van der Waals surface area contributed by atoms with Crippen LogP contribution < -0.4 is 5.73 Å². The number of hydrogen-bond acceptors (Lipinski definition) is 3. The van der Waals surface area contributed by atoms with E-state index in [2.05, 4.69) is 39.3 Å². The maximum atomic E-state index is 6.40. The number of likely N-dealkylation sites (N-methyl/N-ethyl adjacent to an activating group) is 1. The Morgan fingerprint density at radius 1 is 1.24 bits per heavy atom. The largest absolute Gasteiger partial charge is 0.329 e. The zero-order valence-corrected chi connectivity index (χ0v) is 15.1. The highest BCUT2D eigenvalue weighted by molar-refractivity contribution is 9.11. The topological polar surface area (TPSA) is 29.3 Å². The fraction of sp³-hybridized carbons (Fsp3) is 0.765. The molecule has 4 aliphatic carbocycles. The molecule has 21 heavy (non-hydrogen) atoms. The average Bonchev–Trinajstić information content (AvgIpc) is 2.84. The molecule has 0 spiro atoms. The molecular weight excluding hydrogens is 344 g/mol. The molecule has 1 aromatic heterocycles. The van der Waals surface area contributed by atoms with Crippen LogP contribution in [0, 0.1) is 23.7 Å². The van der Waals surface area contributed by atoms with Crippen LogP contribution in [0.15, 0.2) is 15.2 Å². The van der Waals surface area contributed by atoms with Crippen LogP contribution in [0.3, 0.4) is 0 Å². The smallest absolute Gasteiger partial charge is 0.0701 e. The minimum absolute atomic E-state index is 0.266. The molecule has 0 unspecified atom stereocenters. The molecule has 4 heteroatoms. The van der Waals surface area contributed by atoms with E-state index in [9.17, 15) is 0 Å². The average molecular weight is 369 g/mol. The number of thiophene rings is 1. The standard InChI is InChI=1S/C17H25BrN2S/c1-20(8-13-7-16(18)21-9-13)17(10-19)14-3-11-2-12(5-14)6-15(17)4-11/h7,9,11-12,14-15H,2-6,8,10,19H2,1H3. The van der Waals surface area contributed by atoms with Crippen molar-refractivity contribution in [2.45, 2.75) is 44.2 Å². The summed E-state index contributed by atoms with van der Waals surface area (Å²) in [6.07, 6.45) is 7.24. The highest BCUT2D eigenvalue weighted by atomic mass is 79.9. The van der Waals surface area contributed by atoms with Crippen LogP contribution in [0.1, 0.15) is 37.7 Å². The van der Waals surface area contributed by atoms with Gasteiger partial charge in [0.15, 0.2) is 0 Å². The van der Waals surface area contributed by atoms with Crippen molar-refractivity contribution >= 4 is 27.3 Å². The summed E-state index contributed by atoms with van der Waals surface area (Å²) in [6, 6.07) is 2.27. The summed E-state index contributed by atoms with van der Waals surface area (Å²) >= 11 is 5.37. The Balaban J connectivity index is 1.60. The minimum Gasteiger partial charge on any atom is -0.329 e. The predicted molar refractivity (Wildman–Crippen MR) is 92.3 cm³/mol. The van der Waals surface area contributed by atoms with Crippen molar-refractivity contribution in [3.63, 3.8) is 0 Å². The normalized spacial score (nSPS) is 41.1. The van der Waals surface area contributed by atoms with E-state index < -0.39 is 0 Å². The first-order valence-electron chi connectivity index (χ1n) is 8.26. The number of nitrogens with two attached hydrogens (primary N) is 1. The summed E-state index contributed by atoms with van der Waals surface area (Å²) in [5.74, 6) is 3.70. The molecular formula is C17H25BrN2S. The lowest BCUT2D eigenvalue weighted by molar-refractivity contribution is -0.126. The Kier molecular flexibility index (Phi) is 3.72. The van der Waals surface area contributed by atoms with Gasteiger partial charge in [0.05, 0.1) is 3.79 Å². The minimum atomic E-state index is 0.266. The summed E-state index contributed by atoms with van der Waals surface area (Å²) in [5.41, 5.74) is 8.09. The van der Waals surface area contributed by atoms with E-state index in [0.29, 0.717) is 0 Å². The molecule has 0 radical (unpaired) electrons. The van der Waals surface area contributed by atoms with Crippen LogP contribution >= 0.6 is 27.3 Å².